The summed E-state index contributed by atoms with van der Waals surface area (Å²) in [6, 6.07) is 0.518. The molecule has 0 unspecified atom stereocenters. The van der Waals surface area contributed by atoms with Gasteiger partial charge in [0.15, 0.2) is 0 Å². The Labute approximate surface area is 238 Å². The number of piperazine rings is 1. The van der Waals surface area contributed by atoms with Crippen molar-refractivity contribution in [3.63, 3.8) is 0 Å². The number of halogens is 3. The number of nitrogens with zero attached hydrogens (tertiary/aromatic N) is 3. The van der Waals surface area contributed by atoms with Gasteiger partial charge in [0, 0.05) is 50.8 Å². The molecule has 1 aliphatic heterocycles. The van der Waals surface area contributed by atoms with Crippen LogP contribution in [-0.4, -0.2) is 103 Å². The molecule has 1 aromatic rings. The summed E-state index contributed by atoms with van der Waals surface area (Å²) in [7, 11) is 0. The molecule has 230 valence electrons. The third-order valence-electron chi connectivity index (χ3n) is 6.60. The lowest BCUT2D eigenvalue weighted by Crippen LogP contribution is -2.67. The first-order chi connectivity index (χ1) is 19.2. The Bertz CT molecular complexity index is 1060. The summed E-state index contributed by atoms with van der Waals surface area (Å²) >= 11 is 0. The van der Waals surface area contributed by atoms with Gasteiger partial charge >= 0.3 is 12.3 Å². The minimum Gasteiger partial charge on any atom is -0.445 e. The molecule has 1 atom stereocenters. The smallest absolute Gasteiger partial charge is 0.410 e. The Kier molecular flexibility index (Phi) is 12.1. The average molecular weight is 588 g/mol. The highest BCUT2D eigenvalue weighted by Gasteiger charge is 2.45. The number of ether oxygens (including phenoxy) is 3. The first kappa shape index (κ1) is 34.0. The Hall–Kier alpha value is -3.23. The largest absolute Gasteiger partial charge is 0.445 e. The summed E-state index contributed by atoms with van der Waals surface area (Å²) in [6.07, 6.45) is -0.897. The summed E-state index contributed by atoms with van der Waals surface area (Å²) in [5.74, 6) is -2.78. The molecule has 1 saturated heterocycles. The van der Waals surface area contributed by atoms with Crippen LogP contribution in [0.3, 0.4) is 0 Å². The quantitative estimate of drug-likeness (QED) is 0.267. The standard InChI is InChI=1S/C27H40F3N5O6/c1-7-12-39-24(38)35-11-10-34(16-21(35)22(36)32-18-27(28,29)30)25(5,6)23(37)33-17-26(40-8-2,41-9-3)20-13-19(4)14-31-15-20/h7,13-15,21H,1,8-12,16-18H2,2-6H3,(H,32,36)(H,33,37)/t21-/m0/s1. The second-order valence-corrected chi connectivity index (χ2v) is 9.97. The summed E-state index contributed by atoms with van der Waals surface area (Å²) in [5, 5.41) is 4.71. The van der Waals surface area contributed by atoms with Gasteiger partial charge in [0.1, 0.15) is 19.2 Å². The summed E-state index contributed by atoms with van der Waals surface area (Å²) in [5.41, 5.74) is 0.249. The highest BCUT2D eigenvalue weighted by molar-refractivity contribution is 5.88. The number of hydrogen-bond donors (Lipinski definition) is 2. The van der Waals surface area contributed by atoms with Gasteiger partial charge in [-0.1, -0.05) is 12.7 Å². The number of nitrogens with one attached hydrogen (secondary N) is 2. The number of alkyl halides is 3. The van der Waals surface area contributed by atoms with Crippen molar-refractivity contribution in [1.29, 1.82) is 0 Å². The maximum Gasteiger partial charge on any atom is 0.410 e. The van der Waals surface area contributed by atoms with Crippen LogP contribution in [0, 0.1) is 6.92 Å². The van der Waals surface area contributed by atoms with Crippen LogP contribution in [0.25, 0.3) is 0 Å². The van der Waals surface area contributed by atoms with Gasteiger partial charge in [-0.3, -0.25) is 24.4 Å². The molecule has 1 aromatic heterocycles. The average Bonchev–Trinajstić information content (AvgIpc) is 2.92. The number of pyridine rings is 1. The molecular formula is C27H40F3N5O6. The lowest BCUT2D eigenvalue weighted by molar-refractivity contribution is -0.239. The predicted molar refractivity (Wildman–Crippen MR) is 144 cm³/mol. The normalized spacial score (nSPS) is 16.7. The van der Waals surface area contributed by atoms with E-state index >= 15 is 0 Å². The van der Waals surface area contributed by atoms with E-state index in [4.69, 9.17) is 14.2 Å². The Balaban J connectivity index is 2.26. The SMILES string of the molecule is C=CCOC(=O)N1CCN(C(C)(C)C(=O)NCC(OCC)(OCC)c2cncc(C)c2)C[C@H]1C(=O)NCC(F)(F)F. The van der Waals surface area contributed by atoms with E-state index in [2.05, 4.69) is 16.9 Å². The van der Waals surface area contributed by atoms with E-state index in [1.54, 1.807) is 45.0 Å². The third-order valence-corrected chi connectivity index (χ3v) is 6.60. The molecule has 1 aliphatic rings. The van der Waals surface area contributed by atoms with Crippen molar-refractivity contribution in [2.75, 3.05) is 52.5 Å². The third kappa shape index (κ3) is 9.13. The topological polar surface area (TPSA) is 122 Å². The van der Waals surface area contributed by atoms with Crippen LogP contribution in [0.1, 0.15) is 38.8 Å². The van der Waals surface area contributed by atoms with E-state index in [-0.39, 0.29) is 46.0 Å². The minimum atomic E-state index is -4.64. The van der Waals surface area contributed by atoms with Gasteiger partial charge in [-0.2, -0.15) is 13.2 Å². The molecule has 3 amide bonds. The second-order valence-electron chi connectivity index (χ2n) is 9.97. The Morgan fingerprint density at radius 2 is 1.76 bits per heavy atom. The lowest BCUT2D eigenvalue weighted by Gasteiger charge is -2.46. The summed E-state index contributed by atoms with van der Waals surface area (Å²) in [6.45, 7) is 10.8. The van der Waals surface area contributed by atoms with Crippen LogP contribution in [0.5, 0.6) is 0 Å². The zero-order valence-electron chi connectivity index (χ0n) is 24.2. The van der Waals surface area contributed by atoms with Crippen LogP contribution in [0.2, 0.25) is 0 Å². The van der Waals surface area contributed by atoms with Gasteiger partial charge in [-0.25, -0.2) is 4.79 Å². The van der Waals surface area contributed by atoms with Crippen molar-refractivity contribution in [2.45, 2.75) is 58.2 Å². The van der Waals surface area contributed by atoms with Gasteiger partial charge in [0.2, 0.25) is 17.6 Å². The number of rotatable bonds is 13. The fourth-order valence-corrected chi connectivity index (χ4v) is 4.45. The van der Waals surface area contributed by atoms with Crippen molar-refractivity contribution < 1.29 is 41.8 Å². The van der Waals surface area contributed by atoms with Crippen LogP contribution >= 0.6 is 0 Å². The van der Waals surface area contributed by atoms with Gasteiger partial charge in [-0.15, -0.1) is 0 Å². The fourth-order valence-electron chi connectivity index (χ4n) is 4.45. The Morgan fingerprint density at radius 1 is 1.10 bits per heavy atom. The van der Waals surface area contributed by atoms with Crippen LogP contribution in [0.4, 0.5) is 18.0 Å². The van der Waals surface area contributed by atoms with E-state index in [1.165, 1.54) is 6.08 Å². The van der Waals surface area contributed by atoms with Crippen LogP contribution < -0.4 is 10.6 Å². The summed E-state index contributed by atoms with van der Waals surface area (Å²) < 4.78 is 55.4. The molecule has 0 radical (unpaired) electrons. The number of carbonyl (C=O) groups excluding carboxylic acids is 3. The molecule has 14 heteroatoms. The highest BCUT2D eigenvalue weighted by Crippen LogP contribution is 2.28. The molecule has 11 nitrogen and oxygen atoms in total. The molecule has 0 bridgehead atoms. The van der Waals surface area contributed by atoms with E-state index in [1.807, 2.05) is 18.3 Å². The first-order valence-electron chi connectivity index (χ1n) is 13.3. The molecule has 2 N–H and O–H groups in total. The van der Waals surface area contributed by atoms with Crippen molar-refractivity contribution >= 4 is 17.9 Å². The van der Waals surface area contributed by atoms with Crippen molar-refractivity contribution in [3.8, 4) is 0 Å². The zero-order chi connectivity index (χ0) is 30.8. The molecule has 0 aromatic carbocycles. The van der Waals surface area contributed by atoms with E-state index < -0.39 is 48.0 Å². The number of hydrogen-bond acceptors (Lipinski definition) is 8. The predicted octanol–water partition coefficient (Wildman–Crippen LogP) is 2.50. The van der Waals surface area contributed by atoms with Crippen molar-refractivity contribution in [1.82, 2.24) is 25.4 Å². The number of carbonyl (C=O) groups is 3. The molecule has 2 heterocycles. The minimum absolute atomic E-state index is 0.0619. The highest BCUT2D eigenvalue weighted by atomic mass is 19.4. The van der Waals surface area contributed by atoms with E-state index in [9.17, 15) is 27.6 Å². The first-order valence-corrected chi connectivity index (χ1v) is 13.3. The van der Waals surface area contributed by atoms with E-state index in [0.717, 1.165) is 10.5 Å². The van der Waals surface area contributed by atoms with Gasteiger partial charge < -0.3 is 24.8 Å². The lowest BCUT2D eigenvalue weighted by atomic mass is 9.97. The van der Waals surface area contributed by atoms with Crippen molar-refractivity contribution in [2.24, 2.45) is 0 Å². The molecule has 0 aliphatic carbocycles. The second kappa shape index (κ2) is 14.6. The number of amides is 3. The van der Waals surface area contributed by atoms with E-state index in [0.29, 0.717) is 5.56 Å². The summed E-state index contributed by atoms with van der Waals surface area (Å²) in [4.78, 5) is 45.9. The maximum atomic E-state index is 13.6. The van der Waals surface area contributed by atoms with Gasteiger partial charge in [-0.05, 0) is 46.2 Å². The molecule has 2 rings (SSSR count). The molecule has 0 saturated carbocycles. The van der Waals surface area contributed by atoms with Crippen LogP contribution in [0.15, 0.2) is 31.1 Å². The number of aryl methyl sites for hydroxylation is 1. The van der Waals surface area contributed by atoms with Gasteiger partial charge in [0.25, 0.3) is 0 Å². The van der Waals surface area contributed by atoms with Crippen LogP contribution in [-0.2, 0) is 29.6 Å². The monoisotopic (exact) mass is 587 g/mol. The molecule has 1 fully saturated rings. The molecule has 0 spiro atoms. The maximum absolute atomic E-state index is 13.6. The number of aromatic nitrogens is 1. The zero-order valence-corrected chi connectivity index (χ0v) is 24.2. The van der Waals surface area contributed by atoms with Crippen molar-refractivity contribution in [3.05, 3.63) is 42.2 Å². The molecule has 41 heavy (non-hydrogen) atoms. The molecular weight excluding hydrogens is 547 g/mol. The Morgan fingerprint density at radius 3 is 2.32 bits per heavy atom. The van der Waals surface area contributed by atoms with Gasteiger partial charge in [0.05, 0.1) is 12.1 Å². The fraction of sp³-hybridized carbons (Fsp3) is 0.630.